The zero-order valence-electron chi connectivity index (χ0n) is 13.4. The van der Waals surface area contributed by atoms with E-state index in [1.165, 1.54) is 6.20 Å². The molecule has 1 aliphatic heterocycles. The first-order valence-corrected chi connectivity index (χ1v) is 8.66. The third-order valence-electron chi connectivity index (χ3n) is 4.51. The summed E-state index contributed by atoms with van der Waals surface area (Å²) in [7, 11) is 0. The van der Waals surface area contributed by atoms with Crippen LogP contribution >= 0.6 is 11.6 Å². The Morgan fingerprint density at radius 2 is 2.29 bits per heavy atom. The molecule has 0 spiro atoms. The molecule has 1 amide bonds. The van der Waals surface area contributed by atoms with E-state index in [4.69, 9.17) is 16.0 Å². The highest BCUT2D eigenvalue weighted by Gasteiger charge is 2.30. The van der Waals surface area contributed by atoms with Crippen LogP contribution in [0.25, 0.3) is 0 Å². The van der Waals surface area contributed by atoms with Crippen molar-refractivity contribution in [3.05, 3.63) is 53.2 Å². The summed E-state index contributed by atoms with van der Waals surface area (Å²) in [5.41, 5.74) is 0.464. The number of hydrogen-bond acceptors (Lipinski definition) is 4. The molecule has 2 atom stereocenters. The molecular weight excluding hydrogens is 328 g/mol. The van der Waals surface area contributed by atoms with Crippen molar-refractivity contribution in [1.82, 2.24) is 9.88 Å². The normalized spacial score (nSPS) is 19.8. The highest BCUT2D eigenvalue weighted by Crippen LogP contribution is 2.28. The smallest absolute Gasteiger partial charge is 0.255 e. The summed E-state index contributed by atoms with van der Waals surface area (Å²) < 4.78 is 5.28. The van der Waals surface area contributed by atoms with Gasteiger partial charge >= 0.3 is 0 Å². The van der Waals surface area contributed by atoms with Crippen molar-refractivity contribution < 1.29 is 14.3 Å². The fraction of sp³-hybridized carbons (Fsp3) is 0.444. The van der Waals surface area contributed by atoms with E-state index < -0.39 is 6.10 Å². The van der Waals surface area contributed by atoms with E-state index in [9.17, 15) is 9.90 Å². The van der Waals surface area contributed by atoms with Gasteiger partial charge in [-0.15, -0.1) is 0 Å². The van der Waals surface area contributed by atoms with Crippen molar-refractivity contribution in [1.29, 1.82) is 0 Å². The van der Waals surface area contributed by atoms with Crippen molar-refractivity contribution in [3.63, 3.8) is 0 Å². The van der Waals surface area contributed by atoms with E-state index in [0.717, 1.165) is 25.7 Å². The van der Waals surface area contributed by atoms with Gasteiger partial charge in [-0.05, 0) is 31.0 Å². The van der Waals surface area contributed by atoms with E-state index in [2.05, 4.69) is 4.98 Å². The molecule has 2 aromatic rings. The number of amides is 1. The van der Waals surface area contributed by atoms with Crippen LogP contribution in [0.1, 0.15) is 54.3 Å². The van der Waals surface area contributed by atoms with Crippen LogP contribution in [0.4, 0.5) is 0 Å². The molecule has 0 unspecified atom stereocenters. The average Bonchev–Trinajstić information content (AvgIpc) is 3.03. The summed E-state index contributed by atoms with van der Waals surface area (Å²) in [5, 5.41) is 10.8. The van der Waals surface area contributed by atoms with Crippen molar-refractivity contribution in [2.45, 2.75) is 44.2 Å². The molecule has 0 bridgehead atoms. The van der Waals surface area contributed by atoms with Gasteiger partial charge in [-0.3, -0.25) is 9.78 Å². The highest BCUT2D eigenvalue weighted by molar-refractivity contribution is 6.33. The molecule has 1 N–H and O–H groups in total. The Morgan fingerprint density at radius 1 is 1.42 bits per heavy atom. The molecule has 1 saturated heterocycles. The van der Waals surface area contributed by atoms with Gasteiger partial charge in [0.2, 0.25) is 0 Å². The molecule has 0 radical (unpaired) electrons. The number of rotatable bonds is 4. The Balaban J connectivity index is 1.80. The highest BCUT2D eigenvalue weighted by atomic mass is 35.5. The van der Waals surface area contributed by atoms with Gasteiger partial charge in [-0.1, -0.05) is 24.4 Å². The van der Waals surface area contributed by atoms with Crippen molar-refractivity contribution in [2.24, 2.45) is 0 Å². The first-order valence-electron chi connectivity index (χ1n) is 8.29. The summed E-state index contributed by atoms with van der Waals surface area (Å²) in [6, 6.07) is 5.12. The topological polar surface area (TPSA) is 66.6 Å². The van der Waals surface area contributed by atoms with Crippen LogP contribution in [0.3, 0.4) is 0 Å². The Labute approximate surface area is 146 Å². The molecule has 1 fully saturated rings. The minimum atomic E-state index is -0.716. The number of carbonyl (C=O) groups is 1. The van der Waals surface area contributed by atoms with Crippen molar-refractivity contribution in [2.75, 3.05) is 6.54 Å². The zero-order valence-corrected chi connectivity index (χ0v) is 14.2. The quantitative estimate of drug-likeness (QED) is 0.911. The predicted molar refractivity (Wildman–Crippen MR) is 90.8 cm³/mol. The van der Waals surface area contributed by atoms with Gasteiger partial charge in [0, 0.05) is 31.4 Å². The second-order valence-electron chi connectivity index (χ2n) is 6.12. The molecule has 5 nitrogen and oxygen atoms in total. The Morgan fingerprint density at radius 3 is 3.04 bits per heavy atom. The monoisotopic (exact) mass is 348 g/mol. The number of aliphatic hydroxyl groups excluding tert-OH is 1. The number of pyridine rings is 1. The maximum atomic E-state index is 13.0. The standard InChI is InChI=1S/C18H21ClN2O3/c19-15-12-20-8-7-14(15)18(23)21-9-3-1-2-5-13(21)11-16(22)17-6-4-10-24-17/h4,6-8,10,12-13,16,22H,1-3,5,9,11H2/t13-,16-/m1/s1. The van der Waals surface area contributed by atoms with E-state index in [1.807, 2.05) is 4.90 Å². The number of halogens is 1. The number of carbonyl (C=O) groups excluding carboxylic acids is 1. The fourth-order valence-corrected chi connectivity index (χ4v) is 3.45. The van der Waals surface area contributed by atoms with E-state index in [-0.39, 0.29) is 11.9 Å². The first-order chi connectivity index (χ1) is 11.7. The second kappa shape index (κ2) is 7.81. The van der Waals surface area contributed by atoms with Crippen LogP contribution in [-0.4, -0.2) is 33.5 Å². The lowest BCUT2D eigenvalue weighted by atomic mass is 10.0. The number of aliphatic hydroxyl groups is 1. The van der Waals surface area contributed by atoms with Crippen LogP contribution in [0.2, 0.25) is 5.02 Å². The lowest BCUT2D eigenvalue weighted by molar-refractivity contribution is 0.0557. The summed E-state index contributed by atoms with van der Waals surface area (Å²) in [5.74, 6) is 0.439. The number of aromatic nitrogens is 1. The van der Waals surface area contributed by atoms with Gasteiger partial charge in [0.15, 0.2) is 0 Å². The van der Waals surface area contributed by atoms with Crippen molar-refractivity contribution in [3.8, 4) is 0 Å². The Bertz CT molecular complexity index is 675. The molecule has 24 heavy (non-hydrogen) atoms. The Kier molecular flexibility index (Phi) is 5.53. The number of nitrogens with zero attached hydrogens (tertiary/aromatic N) is 2. The van der Waals surface area contributed by atoms with Crippen LogP contribution in [0.15, 0.2) is 41.3 Å². The third-order valence-corrected chi connectivity index (χ3v) is 4.81. The molecule has 0 saturated carbocycles. The molecular formula is C18H21ClN2O3. The van der Waals surface area contributed by atoms with Gasteiger partial charge in [0.1, 0.15) is 11.9 Å². The summed E-state index contributed by atoms with van der Waals surface area (Å²) in [4.78, 5) is 18.7. The largest absolute Gasteiger partial charge is 0.467 e. The minimum Gasteiger partial charge on any atom is -0.467 e. The van der Waals surface area contributed by atoms with E-state index in [1.54, 1.807) is 30.7 Å². The molecule has 0 aromatic carbocycles. The molecule has 6 heteroatoms. The summed E-state index contributed by atoms with van der Waals surface area (Å²) in [6.07, 6.45) is 8.31. The molecule has 3 heterocycles. The predicted octanol–water partition coefficient (Wildman–Crippen LogP) is 3.84. The number of hydrogen-bond donors (Lipinski definition) is 1. The summed E-state index contributed by atoms with van der Waals surface area (Å²) in [6.45, 7) is 0.674. The first kappa shape index (κ1) is 17.0. The van der Waals surface area contributed by atoms with Crippen molar-refractivity contribution >= 4 is 17.5 Å². The van der Waals surface area contributed by atoms with Gasteiger partial charge < -0.3 is 14.4 Å². The van der Waals surface area contributed by atoms with Gasteiger partial charge in [0.25, 0.3) is 5.91 Å². The maximum Gasteiger partial charge on any atom is 0.255 e. The second-order valence-corrected chi connectivity index (χ2v) is 6.53. The zero-order chi connectivity index (χ0) is 16.9. The van der Waals surface area contributed by atoms with Crippen LogP contribution < -0.4 is 0 Å². The van der Waals surface area contributed by atoms with Crippen LogP contribution in [-0.2, 0) is 0 Å². The van der Waals surface area contributed by atoms with E-state index >= 15 is 0 Å². The fourth-order valence-electron chi connectivity index (χ4n) is 3.25. The molecule has 3 rings (SSSR count). The van der Waals surface area contributed by atoms with Gasteiger partial charge in [0.05, 0.1) is 16.8 Å². The Hall–Kier alpha value is -1.85. The molecule has 0 aliphatic carbocycles. The number of furan rings is 1. The van der Waals surface area contributed by atoms with Crippen LogP contribution in [0, 0.1) is 0 Å². The maximum absolute atomic E-state index is 13.0. The average molecular weight is 349 g/mol. The molecule has 2 aromatic heterocycles. The SMILES string of the molecule is O=C(c1ccncc1Cl)N1CCCCC[C@@H]1C[C@@H](O)c1ccco1. The van der Waals surface area contributed by atoms with Gasteiger partial charge in [-0.2, -0.15) is 0 Å². The molecule has 1 aliphatic rings. The minimum absolute atomic E-state index is 0.0377. The number of likely N-dealkylation sites (tertiary alicyclic amines) is 1. The summed E-state index contributed by atoms with van der Waals surface area (Å²) >= 11 is 6.14. The van der Waals surface area contributed by atoms with E-state index in [0.29, 0.717) is 29.3 Å². The molecule has 128 valence electrons. The van der Waals surface area contributed by atoms with Gasteiger partial charge in [-0.25, -0.2) is 0 Å². The van der Waals surface area contributed by atoms with Crippen LogP contribution in [0.5, 0.6) is 0 Å². The third kappa shape index (κ3) is 3.79. The lowest BCUT2D eigenvalue weighted by Crippen LogP contribution is -2.41. The lowest BCUT2D eigenvalue weighted by Gasteiger charge is -2.31.